The number of hydrogen-bond donors (Lipinski definition) is 3. The summed E-state index contributed by atoms with van der Waals surface area (Å²) in [7, 11) is 0.126. The number of hydrogen-bond acceptors (Lipinski definition) is 4. The number of nitrogens with two attached hydrogens (primary N) is 2. The number of nitrogens with zero attached hydrogens (tertiary/aromatic N) is 1. The molecular weight excluding hydrogens is 195 g/mol. The summed E-state index contributed by atoms with van der Waals surface area (Å²) in [4.78, 5) is 0. The van der Waals surface area contributed by atoms with Gasteiger partial charge in [0.1, 0.15) is 5.78 Å². The maximum atomic E-state index is 7.00. The van der Waals surface area contributed by atoms with Crippen LogP contribution in [-0.4, -0.2) is 0 Å². The first-order valence-electron chi connectivity index (χ1n) is 4.35. The standard InChI is InChI=1S/C9H15N4P/c1-6-2-3-7(4-8(6)5-10)9(13-11)14-12/h2-4,9,11,14H,5,10,12H2,1H3. The van der Waals surface area contributed by atoms with Crippen LogP contribution in [0.2, 0.25) is 0 Å². The van der Waals surface area contributed by atoms with Crippen LogP contribution in [0.5, 0.6) is 0 Å². The van der Waals surface area contributed by atoms with Crippen LogP contribution in [0, 0.1) is 12.5 Å². The van der Waals surface area contributed by atoms with E-state index in [0.717, 1.165) is 11.1 Å². The van der Waals surface area contributed by atoms with Crippen molar-refractivity contribution in [3.8, 4) is 0 Å². The summed E-state index contributed by atoms with van der Waals surface area (Å²) in [6, 6.07) is 5.94. The molecule has 1 rings (SSSR count). The summed E-state index contributed by atoms with van der Waals surface area (Å²) in [5.74, 6) is -0.208. The van der Waals surface area contributed by atoms with Crippen molar-refractivity contribution in [2.24, 2.45) is 16.4 Å². The van der Waals surface area contributed by atoms with Gasteiger partial charge in [-0.3, -0.25) is 0 Å². The second kappa shape index (κ2) is 5.15. The average molecular weight is 210 g/mol. The van der Waals surface area contributed by atoms with E-state index in [0.29, 0.717) is 6.54 Å². The van der Waals surface area contributed by atoms with Gasteiger partial charge in [0.05, 0.1) is 0 Å². The van der Waals surface area contributed by atoms with Gasteiger partial charge in [0.2, 0.25) is 0 Å². The summed E-state index contributed by atoms with van der Waals surface area (Å²) in [6.45, 7) is 2.53. The van der Waals surface area contributed by atoms with Crippen LogP contribution in [0.15, 0.2) is 23.3 Å². The maximum Gasteiger partial charge on any atom is 0.125 e. The van der Waals surface area contributed by atoms with Crippen LogP contribution < -0.4 is 11.2 Å². The third-order valence-electron chi connectivity index (χ3n) is 2.20. The Morgan fingerprint density at radius 2 is 2.29 bits per heavy atom. The van der Waals surface area contributed by atoms with E-state index in [4.69, 9.17) is 16.8 Å². The zero-order chi connectivity index (χ0) is 10.6. The van der Waals surface area contributed by atoms with Gasteiger partial charge in [-0.15, -0.1) is 0 Å². The van der Waals surface area contributed by atoms with Crippen molar-refractivity contribution in [1.82, 2.24) is 0 Å². The van der Waals surface area contributed by atoms with Crippen molar-refractivity contribution in [1.29, 1.82) is 5.53 Å². The molecule has 4 nitrogen and oxygen atoms in total. The molecule has 0 aliphatic carbocycles. The Kier molecular flexibility index (Phi) is 4.14. The lowest BCUT2D eigenvalue weighted by Crippen LogP contribution is -2.01. The Labute approximate surface area is 85.4 Å². The molecule has 0 radical (unpaired) electrons. The maximum absolute atomic E-state index is 7.00. The zero-order valence-electron chi connectivity index (χ0n) is 8.12. The van der Waals surface area contributed by atoms with E-state index in [1.807, 2.05) is 25.1 Å². The molecule has 2 unspecified atom stereocenters. The highest BCUT2D eigenvalue weighted by Crippen LogP contribution is 2.31. The Balaban J connectivity index is 3.04. The molecule has 76 valence electrons. The monoisotopic (exact) mass is 210 g/mol. The molecule has 0 saturated carbocycles. The molecular formula is C9H15N4P. The topological polar surface area (TPSA) is 88.2 Å². The van der Waals surface area contributed by atoms with E-state index in [9.17, 15) is 0 Å². The molecule has 0 fully saturated rings. The fraction of sp³-hybridized carbons (Fsp3) is 0.333. The summed E-state index contributed by atoms with van der Waals surface area (Å²) in [5.41, 5.74) is 21.4. The molecule has 0 bridgehead atoms. The molecule has 5 heteroatoms. The van der Waals surface area contributed by atoms with Gasteiger partial charge in [0.15, 0.2) is 0 Å². The number of rotatable bonds is 4. The van der Waals surface area contributed by atoms with Gasteiger partial charge in [0, 0.05) is 6.54 Å². The highest BCUT2D eigenvalue weighted by Gasteiger charge is 2.08. The van der Waals surface area contributed by atoms with Gasteiger partial charge in [-0.05, 0) is 32.3 Å². The minimum Gasteiger partial charge on any atom is -0.326 e. The minimum absolute atomic E-state index is 0.126. The molecule has 0 aliphatic heterocycles. The highest BCUT2D eigenvalue weighted by molar-refractivity contribution is 7.35. The average Bonchev–Trinajstić information content (AvgIpc) is 2.22. The lowest BCUT2D eigenvalue weighted by Gasteiger charge is -2.11. The van der Waals surface area contributed by atoms with Gasteiger partial charge in [0.25, 0.3) is 0 Å². The molecule has 5 N–H and O–H groups in total. The molecule has 1 aromatic carbocycles. The smallest absolute Gasteiger partial charge is 0.125 e. The van der Waals surface area contributed by atoms with Crippen molar-refractivity contribution >= 4 is 8.73 Å². The molecule has 0 spiro atoms. The Morgan fingerprint density at radius 3 is 2.79 bits per heavy atom. The minimum atomic E-state index is -0.208. The van der Waals surface area contributed by atoms with E-state index >= 15 is 0 Å². The predicted octanol–water partition coefficient (Wildman–Crippen LogP) is 2.04. The number of nitrogens with one attached hydrogen (secondary N) is 1. The van der Waals surface area contributed by atoms with E-state index in [-0.39, 0.29) is 14.5 Å². The first-order chi connectivity index (χ1) is 6.72. The van der Waals surface area contributed by atoms with Crippen molar-refractivity contribution in [3.05, 3.63) is 34.9 Å². The SMILES string of the molecule is Cc1ccc(C(N=N)PN)cc1CN. The summed E-state index contributed by atoms with van der Waals surface area (Å²) in [5, 5.41) is 3.48. The molecule has 0 heterocycles. The normalized spacial score (nSPS) is 13.4. The zero-order valence-corrected chi connectivity index (χ0v) is 9.12. The summed E-state index contributed by atoms with van der Waals surface area (Å²) >= 11 is 0. The Hall–Kier alpha value is -0.830. The second-order valence-electron chi connectivity index (χ2n) is 3.09. The Bertz CT molecular complexity index is 327. The molecule has 2 atom stereocenters. The summed E-state index contributed by atoms with van der Waals surface area (Å²) in [6.07, 6.45) is 0. The largest absolute Gasteiger partial charge is 0.326 e. The first kappa shape index (κ1) is 11.2. The van der Waals surface area contributed by atoms with E-state index < -0.39 is 0 Å². The van der Waals surface area contributed by atoms with E-state index in [2.05, 4.69) is 5.11 Å². The fourth-order valence-electron chi connectivity index (χ4n) is 1.29. The van der Waals surface area contributed by atoms with Gasteiger partial charge in [-0.1, -0.05) is 18.2 Å². The number of benzene rings is 1. The van der Waals surface area contributed by atoms with Crippen molar-refractivity contribution in [2.45, 2.75) is 19.3 Å². The summed E-state index contributed by atoms with van der Waals surface area (Å²) < 4.78 is 0. The van der Waals surface area contributed by atoms with Crippen LogP contribution >= 0.6 is 8.73 Å². The first-order valence-corrected chi connectivity index (χ1v) is 5.50. The molecule has 0 aliphatic rings. The van der Waals surface area contributed by atoms with Gasteiger partial charge in [-0.2, -0.15) is 5.11 Å². The lowest BCUT2D eigenvalue weighted by molar-refractivity contribution is 0.873. The van der Waals surface area contributed by atoms with E-state index in [1.54, 1.807) is 0 Å². The lowest BCUT2D eigenvalue weighted by atomic mass is 10.1. The molecule has 0 aromatic heterocycles. The fourth-order valence-corrected chi connectivity index (χ4v) is 1.74. The molecule has 1 aromatic rings. The van der Waals surface area contributed by atoms with Gasteiger partial charge in [-0.25, -0.2) is 5.53 Å². The van der Waals surface area contributed by atoms with E-state index in [1.165, 1.54) is 5.56 Å². The molecule has 0 amide bonds. The number of aryl methyl sites for hydroxylation is 1. The third kappa shape index (κ3) is 2.35. The van der Waals surface area contributed by atoms with Crippen molar-refractivity contribution < 1.29 is 0 Å². The van der Waals surface area contributed by atoms with Crippen molar-refractivity contribution in [2.75, 3.05) is 0 Å². The van der Waals surface area contributed by atoms with Crippen LogP contribution in [0.4, 0.5) is 0 Å². The van der Waals surface area contributed by atoms with Gasteiger partial charge >= 0.3 is 0 Å². The highest BCUT2D eigenvalue weighted by atomic mass is 31.1. The third-order valence-corrected chi connectivity index (χ3v) is 2.97. The van der Waals surface area contributed by atoms with Crippen LogP contribution in [-0.2, 0) is 6.54 Å². The predicted molar refractivity (Wildman–Crippen MR) is 59.5 cm³/mol. The molecule has 14 heavy (non-hydrogen) atoms. The quantitative estimate of drug-likeness (QED) is 0.524. The van der Waals surface area contributed by atoms with Crippen LogP contribution in [0.3, 0.4) is 0 Å². The van der Waals surface area contributed by atoms with Gasteiger partial charge < -0.3 is 11.2 Å². The Morgan fingerprint density at radius 1 is 1.57 bits per heavy atom. The van der Waals surface area contributed by atoms with Crippen molar-refractivity contribution in [3.63, 3.8) is 0 Å². The second-order valence-corrected chi connectivity index (χ2v) is 3.97. The van der Waals surface area contributed by atoms with Crippen LogP contribution in [0.1, 0.15) is 22.5 Å². The molecule has 0 saturated heterocycles. The van der Waals surface area contributed by atoms with Crippen LogP contribution in [0.25, 0.3) is 0 Å².